The third-order valence-corrected chi connectivity index (χ3v) is 6.52. The first-order valence-corrected chi connectivity index (χ1v) is 9.72. The third kappa shape index (κ3) is 3.30. The lowest BCUT2D eigenvalue weighted by Gasteiger charge is -2.40. The SMILES string of the molecule is Br.CCN1CCC2(C=CC3=C(C2=O)c2cc(Cl)ccc2SC=C3)CC1. The van der Waals surface area contributed by atoms with Crippen LogP contribution in [0.15, 0.2) is 52.3 Å². The van der Waals surface area contributed by atoms with Crippen molar-refractivity contribution in [1.82, 2.24) is 4.90 Å². The Bertz CT molecular complexity index is 791. The molecule has 4 rings (SSSR count). The summed E-state index contributed by atoms with van der Waals surface area (Å²) < 4.78 is 0. The molecule has 2 heterocycles. The summed E-state index contributed by atoms with van der Waals surface area (Å²) in [5.74, 6) is 0.270. The number of fused-ring (bicyclic) bond motifs is 2. The Kier molecular flexibility index (Phi) is 5.64. The van der Waals surface area contributed by atoms with E-state index < -0.39 is 0 Å². The summed E-state index contributed by atoms with van der Waals surface area (Å²) in [4.78, 5) is 17.1. The van der Waals surface area contributed by atoms with Crippen LogP contribution in [0.5, 0.6) is 0 Å². The number of carbonyl (C=O) groups is 1. The van der Waals surface area contributed by atoms with E-state index in [9.17, 15) is 4.79 Å². The monoisotopic (exact) mass is 437 g/mol. The highest BCUT2D eigenvalue weighted by Gasteiger charge is 2.43. The van der Waals surface area contributed by atoms with E-state index >= 15 is 0 Å². The number of hydrogen-bond donors (Lipinski definition) is 0. The van der Waals surface area contributed by atoms with Gasteiger partial charge in [-0.25, -0.2) is 0 Å². The van der Waals surface area contributed by atoms with E-state index in [0.717, 1.165) is 54.1 Å². The lowest BCUT2D eigenvalue weighted by Crippen LogP contribution is -2.44. The van der Waals surface area contributed by atoms with E-state index in [4.69, 9.17) is 11.6 Å². The van der Waals surface area contributed by atoms with Gasteiger partial charge >= 0.3 is 0 Å². The molecule has 1 spiro atoms. The number of ketones is 1. The van der Waals surface area contributed by atoms with Crippen molar-refractivity contribution in [2.24, 2.45) is 5.41 Å². The minimum Gasteiger partial charge on any atom is -0.304 e. The highest BCUT2D eigenvalue weighted by atomic mass is 79.9. The van der Waals surface area contributed by atoms with E-state index in [1.54, 1.807) is 11.8 Å². The topological polar surface area (TPSA) is 20.3 Å². The molecule has 0 unspecified atom stereocenters. The van der Waals surface area contributed by atoms with Crippen molar-refractivity contribution in [3.05, 3.63) is 58.0 Å². The van der Waals surface area contributed by atoms with E-state index in [0.29, 0.717) is 5.02 Å². The average molecular weight is 439 g/mol. The first-order chi connectivity index (χ1) is 11.6. The maximum Gasteiger partial charge on any atom is 0.174 e. The molecule has 0 saturated carbocycles. The van der Waals surface area contributed by atoms with Crippen molar-refractivity contribution in [1.29, 1.82) is 0 Å². The van der Waals surface area contributed by atoms with Gasteiger partial charge in [-0.3, -0.25) is 4.79 Å². The number of benzene rings is 1. The zero-order valence-corrected chi connectivity index (χ0v) is 17.4. The van der Waals surface area contributed by atoms with Crippen molar-refractivity contribution in [2.75, 3.05) is 19.6 Å². The number of piperidine rings is 1. The third-order valence-electron chi connectivity index (χ3n) is 5.40. The Morgan fingerprint density at radius 3 is 2.72 bits per heavy atom. The maximum atomic E-state index is 13.5. The van der Waals surface area contributed by atoms with Crippen molar-refractivity contribution in [2.45, 2.75) is 24.7 Å². The Morgan fingerprint density at radius 1 is 1.24 bits per heavy atom. The number of rotatable bonds is 1. The van der Waals surface area contributed by atoms with E-state index in [1.165, 1.54) is 0 Å². The fourth-order valence-corrected chi connectivity index (χ4v) is 4.82. The summed E-state index contributed by atoms with van der Waals surface area (Å²) in [6.45, 7) is 5.22. The minimum absolute atomic E-state index is 0. The molecule has 0 aromatic heterocycles. The van der Waals surface area contributed by atoms with Crippen molar-refractivity contribution in [3.8, 4) is 0 Å². The molecule has 1 aromatic rings. The van der Waals surface area contributed by atoms with Crippen molar-refractivity contribution < 1.29 is 4.79 Å². The highest BCUT2D eigenvalue weighted by molar-refractivity contribution is 8.93. The molecule has 132 valence electrons. The van der Waals surface area contributed by atoms with Gasteiger partial charge in [-0.05, 0) is 67.7 Å². The zero-order valence-electron chi connectivity index (χ0n) is 14.1. The van der Waals surface area contributed by atoms with Gasteiger partial charge in [-0.2, -0.15) is 0 Å². The Hall–Kier alpha value is -0.810. The fraction of sp³-hybridized carbons (Fsp3) is 0.350. The summed E-state index contributed by atoms with van der Waals surface area (Å²) >= 11 is 7.89. The fourth-order valence-electron chi connectivity index (χ4n) is 3.85. The standard InChI is InChI=1S/C20H20ClNOS.BrH/c1-2-22-10-8-20(9-11-22)7-5-14-6-12-24-17-4-3-15(21)13-16(17)18(14)19(20)23;/h3-7,12-13H,2,8-11H2,1H3;1H. The van der Waals surface area contributed by atoms with Crippen LogP contribution in [-0.2, 0) is 4.79 Å². The predicted molar refractivity (Wildman–Crippen MR) is 112 cm³/mol. The van der Waals surface area contributed by atoms with Gasteiger partial charge in [0.15, 0.2) is 5.78 Å². The second kappa shape index (κ2) is 7.43. The summed E-state index contributed by atoms with van der Waals surface area (Å²) in [5.41, 5.74) is 2.50. The molecule has 1 aromatic carbocycles. The van der Waals surface area contributed by atoms with Crippen LogP contribution in [-0.4, -0.2) is 30.3 Å². The Balaban J connectivity index is 0.00000182. The number of allylic oxidation sites excluding steroid dienone is 5. The molecule has 3 aliphatic rings. The number of nitrogens with zero attached hydrogens (tertiary/aromatic N) is 1. The second-order valence-corrected chi connectivity index (χ2v) is 8.03. The first kappa shape index (κ1) is 19.0. The molecular formula is C20H21BrClNOS. The molecule has 0 radical (unpaired) electrons. The molecule has 1 fully saturated rings. The number of halogens is 2. The molecule has 1 aliphatic carbocycles. The van der Waals surface area contributed by atoms with Gasteiger partial charge in [0.1, 0.15) is 0 Å². The summed E-state index contributed by atoms with van der Waals surface area (Å²) in [7, 11) is 0. The minimum atomic E-state index is -0.340. The summed E-state index contributed by atoms with van der Waals surface area (Å²) in [6, 6.07) is 5.85. The van der Waals surface area contributed by atoms with Gasteiger partial charge in [0.25, 0.3) is 0 Å². The van der Waals surface area contributed by atoms with E-state index in [2.05, 4.69) is 35.5 Å². The highest BCUT2D eigenvalue weighted by Crippen LogP contribution is 2.46. The largest absolute Gasteiger partial charge is 0.304 e. The van der Waals surface area contributed by atoms with Gasteiger partial charge in [-0.15, -0.1) is 17.0 Å². The average Bonchev–Trinajstić information content (AvgIpc) is 2.78. The molecule has 1 saturated heterocycles. The molecule has 0 N–H and O–H groups in total. The molecule has 25 heavy (non-hydrogen) atoms. The Labute approximate surface area is 168 Å². The quantitative estimate of drug-likeness (QED) is 0.575. The number of thioether (sulfide) groups is 1. The van der Waals surface area contributed by atoms with Crippen LogP contribution in [0, 0.1) is 5.41 Å². The van der Waals surface area contributed by atoms with Gasteiger partial charge in [0.05, 0.1) is 5.41 Å². The van der Waals surface area contributed by atoms with Gasteiger partial charge in [-0.1, -0.05) is 42.4 Å². The lowest BCUT2D eigenvalue weighted by atomic mass is 9.68. The molecule has 0 bridgehead atoms. The van der Waals surface area contributed by atoms with Crippen LogP contribution >= 0.6 is 40.3 Å². The molecule has 0 amide bonds. The van der Waals surface area contributed by atoms with Crippen LogP contribution in [0.1, 0.15) is 25.3 Å². The van der Waals surface area contributed by atoms with Gasteiger partial charge in [0, 0.05) is 21.1 Å². The van der Waals surface area contributed by atoms with E-state index in [1.807, 2.05) is 18.2 Å². The number of hydrogen-bond acceptors (Lipinski definition) is 3. The molecule has 5 heteroatoms. The Morgan fingerprint density at radius 2 is 2.00 bits per heavy atom. The summed E-state index contributed by atoms with van der Waals surface area (Å²) in [6.07, 6.45) is 8.16. The van der Waals surface area contributed by atoms with Crippen LogP contribution < -0.4 is 0 Å². The molecule has 2 nitrogen and oxygen atoms in total. The van der Waals surface area contributed by atoms with Crippen LogP contribution in [0.3, 0.4) is 0 Å². The first-order valence-electron chi connectivity index (χ1n) is 8.47. The van der Waals surface area contributed by atoms with Crippen molar-refractivity contribution in [3.63, 3.8) is 0 Å². The summed E-state index contributed by atoms with van der Waals surface area (Å²) in [5, 5.41) is 2.74. The van der Waals surface area contributed by atoms with Gasteiger partial charge in [0.2, 0.25) is 0 Å². The molecule has 0 atom stereocenters. The predicted octanol–water partition coefficient (Wildman–Crippen LogP) is 5.53. The maximum absolute atomic E-state index is 13.5. The lowest BCUT2D eigenvalue weighted by molar-refractivity contribution is -0.122. The number of carbonyl (C=O) groups excluding carboxylic acids is 1. The molecular weight excluding hydrogens is 418 g/mol. The second-order valence-electron chi connectivity index (χ2n) is 6.64. The van der Waals surface area contributed by atoms with E-state index in [-0.39, 0.29) is 28.2 Å². The van der Waals surface area contributed by atoms with Crippen molar-refractivity contribution >= 4 is 51.7 Å². The molecule has 2 aliphatic heterocycles. The number of likely N-dealkylation sites (tertiary alicyclic amines) is 1. The van der Waals surface area contributed by atoms with Gasteiger partial charge < -0.3 is 4.90 Å². The number of Topliss-reactive ketones (excluding diaryl/α,β-unsaturated/α-hetero) is 1. The smallest absolute Gasteiger partial charge is 0.174 e. The normalized spacial score (nSPS) is 21.6. The zero-order chi connectivity index (χ0) is 16.7. The van der Waals surface area contributed by atoms with Crippen LogP contribution in [0.2, 0.25) is 5.02 Å². The van der Waals surface area contributed by atoms with Crippen LogP contribution in [0.4, 0.5) is 0 Å². The van der Waals surface area contributed by atoms with Crippen LogP contribution in [0.25, 0.3) is 5.57 Å².